The van der Waals surface area contributed by atoms with Gasteiger partial charge >= 0.3 is 0 Å². The maximum atomic E-state index is 11.9. The van der Waals surface area contributed by atoms with Crippen molar-refractivity contribution in [1.82, 2.24) is 0 Å². The van der Waals surface area contributed by atoms with Crippen LogP contribution in [0.25, 0.3) is 0 Å². The van der Waals surface area contributed by atoms with Crippen molar-refractivity contribution in [2.45, 2.75) is 12.8 Å². The molecule has 0 aliphatic carbocycles. The summed E-state index contributed by atoms with van der Waals surface area (Å²) >= 11 is 5.94. The molecular weight excluding hydrogens is 191 g/mol. The van der Waals surface area contributed by atoms with Gasteiger partial charge in [0.25, 0.3) is 0 Å². The molecule has 0 saturated carbocycles. The van der Waals surface area contributed by atoms with E-state index in [0.29, 0.717) is 17.9 Å². The Kier molecular flexibility index (Phi) is 4.03. The van der Waals surface area contributed by atoms with Gasteiger partial charge in [-0.05, 0) is 30.5 Å². The summed E-state index contributed by atoms with van der Waals surface area (Å²) in [6.45, 7) is -0.303. The van der Waals surface area contributed by atoms with Crippen molar-refractivity contribution >= 4 is 11.6 Å². The third kappa shape index (κ3) is 2.88. The van der Waals surface area contributed by atoms with Crippen LogP contribution in [0.5, 0.6) is 5.75 Å². The fraction of sp³-hybridized carbons (Fsp3) is 0.400. The number of hydrogen-bond acceptors (Lipinski definition) is 1. The van der Waals surface area contributed by atoms with Crippen LogP contribution >= 0.6 is 11.6 Å². The molecule has 3 heteroatoms. The topological polar surface area (TPSA) is 9.23 Å². The van der Waals surface area contributed by atoms with Crippen LogP contribution in [0.1, 0.15) is 12.0 Å². The Morgan fingerprint density at radius 1 is 1.46 bits per heavy atom. The quantitative estimate of drug-likeness (QED) is 0.729. The minimum absolute atomic E-state index is 0.303. The molecule has 0 bridgehead atoms. The highest BCUT2D eigenvalue weighted by atomic mass is 35.5. The van der Waals surface area contributed by atoms with Crippen LogP contribution in [-0.2, 0) is 6.42 Å². The van der Waals surface area contributed by atoms with E-state index in [9.17, 15) is 4.39 Å². The average molecular weight is 203 g/mol. The monoisotopic (exact) mass is 202 g/mol. The molecule has 0 spiro atoms. The molecule has 0 aliphatic heterocycles. The minimum Gasteiger partial charge on any atom is -0.497 e. The molecule has 0 unspecified atom stereocenters. The van der Waals surface area contributed by atoms with Gasteiger partial charge in [-0.15, -0.1) is 0 Å². The minimum atomic E-state index is -0.303. The summed E-state index contributed by atoms with van der Waals surface area (Å²) < 4.78 is 16.9. The molecule has 0 aliphatic rings. The van der Waals surface area contributed by atoms with Gasteiger partial charge in [0.2, 0.25) is 0 Å². The van der Waals surface area contributed by atoms with Crippen LogP contribution < -0.4 is 4.74 Å². The van der Waals surface area contributed by atoms with Crippen molar-refractivity contribution in [3.63, 3.8) is 0 Å². The molecule has 0 amide bonds. The zero-order valence-electron chi connectivity index (χ0n) is 7.52. The summed E-state index contributed by atoms with van der Waals surface area (Å²) in [5, 5.41) is 0.646. The number of methoxy groups -OCH3 is 1. The molecule has 72 valence electrons. The van der Waals surface area contributed by atoms with Crippen molar-refractivity contribution < 1.29 is 9.13 Å². The highest BCUT2D eigenvalue weighted by Gasteiger charge is 2.01. The van der Waals surface area contributed by atoms with E-state index in [2.05, 4.69) is 0 Å². The lowest BCUT2D eigenvalue weighted by Gasteiger charge is -2.05. The zero-order valence-corrected chi connectivity index (χ0v) is 8.27. The fourth-order valence-corrected chi connectivity index (χ4v) is 1.38. The molecule has 0 aromatic heterocycles. The van der Waals surface area contributed by atoms with Gasteiger partial charge in [0.1, 0.15) is 5.75 Å². The number of aryl methyl sites for hydroxylation is 1. The Morgan fingerprint density at radius 2 is 2.23 bits per heavy atom. The molecule has 0 saturated heterocycles. The summed E-state index contributed by atoms with van der Waals surface area (Å²) in [7, 11) is 1.59. The highest BCUT2D eigenvalue weighted by molar-refractivity contribution is 6.31. The van der Waals surface area contributed by atoms with Gasteiger partial charge in [-0.25, -0.2) is 0 Å². The molecule has 1 rings (SSSR count). The Morgan fingerprint density at radius 3 is 2.77 bits per heavy atom. The Bertz CT molecular complexity index is 276. The van der Waals surface area contributed by atoms with E-state index in [-0.39, 0.29) is 6.67 Å². The average Bonchev–Trinajstić information content (AvgIpc) is 2.16. The SMILES string of the molecule is COc1ccc(CCCF)c(Cl)c1. The molecule has 0 heterocycles. The molecule has 13 heavy (non-hydrogen) atoms. The van der Waals surface area contributed by atoms with E-state index in [1.54, 1.807) is 13.2 Å². The van der Waals surface area contributed by atoms with Crippen molar-refractivity contribution in [2.75, 3.05) is 13.8 Å². The van der Waals surface area contributed by atoms with Gasteiger partial charge in [-0.1, -0.05) is 17.7 Å². The van der Waals surface area contributed by atoms with Crippen LogP contribution in [-0.4, -0.2) is 13.8 Å². The second-order valence-electron chi connectivity index (χ2n) is 2.75. The number of benzene rings is 1. The normalized spacial score (nSPS) is 10.1. The molecule has 0 N–H and O–H groups in total. The van der Waals surface area contributed by atoms with Gasteiger partial charge in [0.15, 0.2) is 0 Å². The molecule has 1 aromatic rings. The van der Waals surface area contributed by atoms with Crippen LogP contribution in [0.2, 0.25) is 5.02 Å². The number of rotatable bonds is 4. The van der Waals surface area contributed by atoms with Gasteiger partial charge in [-0.2, -0.15) is 0 Å². The predicted molar refractivity (Wildman–Crippen MR) is 52.3 cm³/mol. The van der Waals surface area contributed by atoms with Crippen LogP contribution in [0.4, 0.5) is 4.39 Å². The molecule has 0 fully saturated rings. The molecule has 0 radical (unpaired) electrons. The van der Waals surface area contributed by atoms with E-state index >= 15 is 0 Å². The van der Waals surface area contributed by atoms with Gasteiger partial charge in [-0.3, -0.25) is 4.39 Å². The maximum absolute atomic E-state index is 11.9. The predicted octanol–water partition coefficient (Wildman–Crippen LogP) is 3.25. The first kappa shape index (κ1) is 10.3. The zero-order chi connectivity index (χ0) is 9.68. The number of ether oxygens (including phenoxy) is 1. The first-order chi connectivity index (χ1) is 6.27. The summed E-state index contributed by atoms with van der Waals surface area (Å²) in [5.74, 6) is 0.731. The first-order valence-electron chi connectivity index (χ1n) is 4.16. The van der Waals surface area contributed by atoms with Crippen LogP contribution in [0.15, 0.2) is 18.2 Å². The van der Waals surface area contributed by atoms with Gasteiger partial charge in [0.05, 0.1) is 13.8 Å². The van der Waals surface area contributed by atoms with Crippen molar-refractivity contribution in [3.8, 4) is 5.75 Å². The van der Waals surface area contributed by atoms with E-state index in [0.717, 1.165) is 11.3 Å². The van der Waals surface area contributed by atoms with Gasteiger partial charge in [0, 0.05) is 5.02 Å². The van der Waals surface area contributed by atoms with E-state index in [1.807, 2.05) is 12.1 Å². The van der Waals surface area contributed by atoms with Gasteiger partial charge < -0.3 is 4.74 Å². The lowest BCUT2D eigenvalue weighted by Crippen LogP contribution is -1.89. The second-order valence-corrected chi connectivity index (χ2v) is 3.16. The largest absolute Gasteiger partial charge is 0.497 e. The summed E-state index contributed by atoms with van der Waals surface area (Å²) in [6, 6.07) is 5.45. The molecule has 0 atom stereocenters. The lowest BCUT2D eigenvalue weighted by atomic mass is 10.1. The molecular formula is C10H12ClFO. The smallest absolute Gasteiger partial charge is 0.120 e. The summed E-state index contributed by atoms with van der Waals surface area (Å²) in [5.41, 5.74) is 0.972. The number of hydrogen-bond donors (Lipinski definition) is 0. The highest BCUT2D eigenvalue weighted by Crippen LogP contribution is 2.23. The van der Waals surface area contributed by atoms with E-state index < -0.39 is 0 Å². The lowest BCUT2D eigenvalue weighted by molar-refractivity contribution is 0.414. The Hall–Kier alpha value is -0.760. The number of alkyl halides is 1. The fourth-order valence-electron chi connectivity index (χ4n) is 1.12. The number of halogens is 2. The first-order valence-corrected chi connectivity index (χ1v) is 4.54. The third-order valence-corrected chi connectivity index (χ3v) is 2.19. The second kappa shape index (κ2) is 5.07. The third-order valence-electron chi connectivity index (χ3n) is 1.84. The van der Waals surface area contributed by atoms with Crippen molar-refractivity contribution in [2.24, 2.45) is 0 Å². The molecule has 1 aromatic carbocycles. The van der Waals surface area contributed by atoms with Crippen molar-refractivity contribution in [1.29, 1.82) is 0 Å². The van der Waals surface area contributed by atoms with Crippen LogP contribution in [0.3, 0.4) is 0 Å². The summed E-state index contributed by atoms with van der Waals surface area (Å²) in [6.07, 6.45) is 1.20. The van der Waals surface area contributed by atoms with Crippen LogP contribution in [0, 0.1) is 0 Å². The molecule has 1 nitrogen and oxygen atoms in total. The summed E-state index contributed by atoms with van der Waals surface area (Å²) in [4.78, 5) is 0. The Balaban J connectivity index is 2.73. The maximum Gasteiger partial charge on any atom is 0.120 e. The van der Waals surface area contributed by atoms with E-state index in [1.165, 1.54) is 0 Å². The Labute approximate surface area is 82.5 Å². The standard InChI is InChI=1S/C10H12ClFO/c1-13-9-5-4-8(3-2-6-12)10(11)7-9/h4-5,7H,2-3,6H2,1H3. The van der Waals surface area contributed by atoms with E-state index in [4.69, 9.17) is 16.3 Å². The van der Waals surface area contributed by atoms with Crippen molar-refractivity contribution in [3.05, 3.63) is 28.8 Å².